The highest BCUT2D eigenvalue weighted by Crippen LogP contribution is 2.26. The number of carboxylic acid groups (broad SMARTS) is 1. The van der Waals surface area contributed by atoms with Crippen LogP contribution in [0.1, 0.15) is 30.1 Å². The summed E-state index contributed by atoms with van der Waals surface area (Å²) in [6.45, 7) is 2.54. The molecule has 3 N–H and O–H groups in total. The van der Waals surface area contributed by atoms with E-state index in [9.17, 15) is 14.4 Å². The first-order valence-corrected chi connectivity index (χ1v) is 8.63. The van der Waals surface area contributed by atoms with E-state index < -0.39 is 18.0 Å². The van der Waals surface area contributed by atoms with E-state index in [2.05, 4.69) is 15.4 Å². The normalized spacial score (nSPS) is 18.8. The second kappa shape index (κ2) is 8.86. The molecule has 1 aromatic carbocycles. The Balaban J connectivity index is 1.90. The van der Waals surface area contributed by atoms with E-state index in [1.54, 1.807) is 0 Å². The summed E-state index contributed by atoms with van der Waals surface area (Å²) >= 11 is 5.93. The Morgan fingerprint density at radius 2 is 2.04 bits per heavy atom. The van der Waals surface area contributed by atoms with Crippen molar-refractivity contribution in [1.82, 2.24) is 10.2 Å². The molecule has 0 bridgehead atoms. The standard InChI is InChI=1S/C17H22ClN3O5/c1-3-21(9-15(22)23)12-7-11(8-12)19-17(25)20-14-6-10(18)4-5-13(14)16(24)26-2/h4-6,11-12H,3,7-9H2,1-2H3,(H,22,23)(H2,19,20,25). The minimum atomic E-state index is -0.864. The van der Waals surface area contributed by atoms with Crippen molar-refractivity contribution in [2.75, 3.05) is 25.5 Å². The summed E-state index contributed by atoms with van der Waals surface area (Å²) in [6.07, 6.45) is 1.35. The molecular weight excluding hydrogens is 362 g/mol. The molecule has 0 aromatic heterocycles. The summed E-state index contributed by atoms with van der Waals surface area (Å²) in [5.41, 5.74) is 0.468. The molecule has 0 unspecified atom stereocenters. The van der Waals surface area contributed by atoms with Crippen molar-refractivity contribution in [2.45, 2.75) is 31.8 Å². The molecule has 0 saturated heterocycles. The number of ether oxygens (including phenoxy) is 1. The van der Waals surface area contributed by atoms with Gasteiger partial charge < -0.3 is 20.5 Å². The number of hydrogen-bond acceptors (Lipinski definition) is 5. The zero-order valence-corrected chi connectivity index (χ0v) is 15.4. The number of benzene rings is 1. The summed E-state index contributed by atoms with van der Waals surface area (Å²) in [7, 11) is 1.26. The van der Waals surface area contributed by atoms with E-state index in [0.717, 1.165) is 0 Å². The molecule has 2 amide bonds. The maximum atomic E-state index is 12.2. The first-order valence-electron chi connectivity index (χ1n) is 8.25. The predicted molar refractivity (Wildman–Crippen MR) is 96.6 cm³/mol. The lowest BCUT2D eigenvalue weighted by Gasteiger charge is -2.42. The molecule has 1 aliphatic rings. The third-order valence-electron chi connectivity index (χ3n) is 4.34. The Kier molecular flexibility index (Phi) is 6.82. The van der Waals surface area contributed by atoms with Gasteiger partial charge in [0.15, 0.2) is 0 Å². The van der Waals surface area contributed by atoms with Crippen molar-refractivity contribution in [3.05, 3.63) is 28.8 Å². The van der Waals surface area contributed by atoms with E-state index in [1.165, 1.54) is 25.3 Å². The fraction of sp³-hybridized carbons (Fsp3) is 0.471. The van der Waals surface area contributed by atoms with Gasteiger partial charge in [-0.05, 0) is 37.6 Å². The molecule has 1 fully saturated rings. The fourth-order valence-electron chi connectivity index (χ4n) is 2.93. The number of likely N-dealkylation sites (N-methyl/N-ethyl adjacent to an activating group) is 1. The van der Waals surface area contributed by atoms with Gasteiger partial charge in [-0.2, -0.15) is 0 Å². The number of amides is 2. The number of carboxylic acids is 1. The summed E-state index contributed by atoms with van der Waals surface area (Å²) in [4.78, 5) is 36.7. The van der Waals surface area contributed by atoms with Gasteiger partial charge in [0.2, 0.25) is 0 Å². The molecule has 0 heterocycles. The Bertz CT molecular complexity index is 691. The van der Waals surface area contributed by atoms with Crippen molar-refractivity contribution in [1.29, 1.82) is 0 Å². The molecule has 2 rings (SSSR count). The summed E-state index contributed by atoms with van der Waals surface area (Å²) in [5.74, 6) is -1.44. The highest BCUT2D eigenvalue weighted by atomic mass is 35.5. The van der Waals surface area contributed by atoms with Crippen molar-refractivity contribution < 1.29 is 24.2 Å². The average Bonchev–Trinajstić information content (AvgIpc) is 2.55. The van der Waals surface area contributed by atoms with Crippen LogP contribution >= 0.6 is 11.6 Å². The number of aliphatic carboxylic acids is 1. The van der Waals surface area contributed by atoms with Crippen LogP contribution in [-0.2, 0) is 9.53 Å². The van der Waals surface area contributed by atoms with E-state index in [0.29, 0.717) is 24.4 Å². The molecule has 1 aromatic rings. The molecule has 0 aliphatic heterocycles. The van der Waals surface area contributed by atoms with Gasteiger partial charge >= 0.3 is 18.0 Å². The maximum absolute atomic E-state index is 12.2. The van der Waals surface area contributed by atoms with Crippen LogP contribution < -0.4 is 10.6 Å². The molecule has 26 heavy (non-hydrogen) atoms. The number of carbonyl (C=O) groups excluding carboxylic acids is 2. The van der Waals surface area contributed by atoms with Gasteiger partial charge in [0.1, 0.15) is 0 Å². The van der Waals surface area contributed by atoms with Gasteiger partial charge in [0, 0.05) is 17.1 Å². The Morgan fingerprint density at radius 1 is 1.35 bits per heavy atom. The fourth-order valence-corrected chi connectivity index (χ4v) is 3.10. The third kappa shape index (κ3) is 5.09. The minimum absolute atomic E-state index is 0.00884. The first-order chi connectivity index (χ1) is 12.3. The molecule has 0 atom stereocenters. The SMILES string of the molecule is CCN(CC(=O)O)C1CC(NC(=O)Nc2cc(Cl)ccc2C(=O)OC)C1. The average molecular weight is 384 g/mol. The van der Waals surface area contributed by atoms with Crippen molar-refractivity contribution in [2.24, 2.45) is 0 Å². The maximum Gasteiger partial charge on any atom is 0.339 e. The van der Waals surface area contributed by atoms with E-state index in [-0.39, 0.29) is 29.9 Å². The first kappa shape index (κ1) is 20.0. The van der Waals surface area contributed by atoms with Crippen LogP contribution in [0.25, 0.3) is 0 Å². The smallest absolute Gasteiger partial charge is 0.339 e. The van der Waals surface area contributed by atoms with Gasteiger partial charge in [0.25, 0.3) is 0 Å². The number of rotatable bonds is 7. The van der Waals surface area contributed by atoms with Gasteiger partial charge in [0.05, 0.1) is 24.9 Å². The molecule has 1 saturated carbocycles. The largest absolute Gasteiger partial charge is 0.480 e. The quantitative estimate of drug-likeness (QED) is 0.623. The molecule has 0 radical (unpaired) electrons. The second-order valence-corrected chi connectivity index (χ2v) is 6.50. The van der Waals surface area contributed by atoms with Crippen LogP contribution in [0.15, 0.2) is 18.2 Å². The van der Waals surface area contributed by atoms with Gasteiger partial charge in [-0.1, -0.05) is 18.5 Å². The lowest BCUT2D eigenvalue weighted by molar-refractivity contribution is -0.139. The third-order valence-corrected chi connectivity index (χ3v) is 4.58. The molecule has 142 valence electrons. The number of hydrogen-bond donors (Lipinski definition) is 3. The molecule has 8 nitrogen and oxygen atoms in total. The summed E-state index contributed by atoms with van der Waals surface area (Å²) < 4.78 is 4.69. The topological polar surface area (TPSA) is 108 Å². The van der Waals surface area contributed by atoms with Crippen molar-refractivity contribution in [3.8, 4) is 0 Å². The van der Waals surface area contributed by atoms with Crippen molar-refractivity contribution in [3.63, 3.8) is 0 Å². The van der Waals surface area contributed by atoms with Crippen LogP contribution in [0, 0.1) is 0 Å². The number of anilines is 1. The molecule has 9 heteroatoms. The van der Waals surface area contributed by atoms with E-state index in [4.69, 9.17) is 16.7 Å². The highest BCUT2D eigenvalue weighted by Gasteiger charge is 2.34. The second-order valence-electron chi connectivity index (χ2n) is 6.06. The Hall–Kier alpha value is -2.32. The zero-order chi connectivity index (χ0) is 19.3. The van der Waals surface area contributed by atoms with Crippen LogP contribution in [0.3, 0.4) is 0 Å². The Morgan fingerprint density at radius 3 is 2.62 bits per heavy atom. The van der Waals surface area contributed by atoms with E-state index >= 15 is 0 Å². The van der Waals surface area contributed by atoms with Crippen molar-refractivity contribution >= 4 is 35.3 Å². The number of carbonyl (C=O) groups is 3. The minimum Gasteiger partial charge on any atom is -0.480 e. The summed E-state index contributed by atoms with van der Waals surface area (Å²) in [5, 5.41) is 14.7. The monoisotopic (exact) mass is 383 g/mol. The van der Waals surface area contributed by atoms with Crippen LogP contribution in [0.5, 0.6) is 0 Å². The lowest BCUT2D eigenvalue weighted by atomic mass is 9.85. The van der Waals surface area contributed by atoms with Gasteiger partial charge in [-0.3, -0.25) is 9.69 Å². The highest BCUT2D eigenvalue weighted by molar-refractivity contribution is 6.31. The molecule has 0 spiro atoms. The predicted octanol–water partition coefficient (Wildman–Crippen LogP) is 2.19. The number of urea groups is 1. The number of halogens is 1. The van der Waals surface area contributed by atoms with Gasteiger partial charge in [-0.15, -0.1) is 0 Å². The van der Waals surface area contributed by atoms with Crippen LogP contribution in [-0.4, -0.2) is 60.3 Å². The summed E-state index contributed by atoms with van der Waals surface area (Å²) in [6, 6.07) is 4.12. The number of esters is 1. The zero-order valence-electron chi connectivity index (χ0n) is 14.6. The van der Waals surface area contributed by atoms with Crippen LogP contribution in [0.2, 0.25) is 5.02 Å². The number of nitrogens with one attached hydrogen (secondary N) is 2. The van der Waals surface area contributed by atoms with Crippen LogP contribution in [0.4, 0.5) is 10.5 Å². The lowest BCUT2D eigenvalue weighted by Crippen LogP contribution is -2.55. The number of nitrogens with zero attached hydrogens (tertiary/aromatic N) is 1. The van der Waals surface area contributed by atoms with E-state index in [1.807, 2.05) is 11.8 Å². The Labute approximate surface area is 156 Å². The molecular formula is C17H22ClN3O5. The van der Waals surface area contributed by atoms with Gasteiger partial charge in [-0.25, -0.2) is 9.59 Å². The molecule has 1 aliphatic carbocycles. The number of methoxy groups -OCH3 is 1.